The minimum Gasteiger partial charge on any atom is -0.331 e. The highest BCUT2D eigenvalue weighted by atomic mass is 35.5. The van der Waals surface area contributed by atoms with E-state index in [1.807, 2.05) is 92.7 Å². The third-order valence-electron chi connectivity index (χ3n) is 5.59. The molecule has 1 heterocycles. The smallest absolute Gasteiger partial charge is 0.266 e. The Morgan fingerprint density at radius 3 is 2.22 bits per heavy atom. The first kappa shape index (κ1) is 21.8. The SMILES string of the molecule is CCN(C(=O)C(Cl)c1ccccc1)C(C)c1nc2ccccc2c(=O)n1-c1ccccc1. The number of hydrogen-bond acceptors (Lipinski definition) is 3. The molecule has 162 valence electrons. The molecule has 0 radical (unpaired) electrons. The highest BCUT2D eigenvalue weighted by molar-refractivity contribution is 6.30. The van der Waals surface area contributed by atoms with Crippen molar-refractivity contribution >= 4 is 28.4 Å². The summed E-state index contributed by atoms with van der Waals surface area (Å²) in [4.78, 5) is 33.3. The van der Waals surface area contributed by atoms with Crippen LogP contribution in [0.4, 0.5) is 0 Å². The average molecular weight is 446 g/mol. The fourth-order valence-corrected chi connectivity index (χ4v) is 4.20. The lowest BCUT2D eigenvalue weighted by Crippen LogP contribution is -2.39. The molecular weight excluding hydrogens is 422 g/mol. The molecule has 0 aliphatic carbocycles. The quantitative estimate of drug-likeness (QED) is 0.379. The number of fused-ring (bicyclic) bond motifs is 1. The van der Waals surface area contributed by atoms with Crippen LogP contribution < -0.4 is 5.56 Å². The number of hydrogen-bond donors (Lipinski definition) is 0. The number of alkyl halides is 1. The predicted octanol–water partition coefficient (Wildman–Crippen LogP) is 5.28. The second-order valence-electron chi connectivity index (χ2n) is 7.54. The molecule has 32 heavy (non-hydrogen) atoms. The van der Waals surface area contributed by atoms with Crippen molar-refractivity contribution in [3.05, 3.63) is 107 Å². The number of amides is 1. The number of carbonyl (C=O) groups excluding carboxylic acids is 1. The molecule has 4 aromatic rings. The van der Waals surface area contributed by atoms with E-state index in [9.17, 15) is 9.59 Å². The number of nitrogens with zero attached hydrogens (tertiary/aromatic N) is 3. The van der Waals surface area contributed by atoms with E-state index in [1.54, 1.807) is 15.5 Å². The number of rotatable bonds is 6. The van der Waals surface area contributed by atoms with Gasteiger partial charge in [0.05, 0.1) is 22.6 Å². The zero-order valence-electron chi connectivity index (χ0n) is 18.0. The number of benzene rings is 3. The van der Waals surface area contributed by atoms with Crippen molar-refractivity contribution in [2.24, 2.45) is 0 Å². The molecule has 2 unspecified atom stereocenters. The first-order valence-corrected chi connectivity index (χ1v) is 11.0. The third kappa shape index (κ3) is 4.04. The van der Waals surface area contributed by atoms with E-state index in [1.165, 1.54) is 0 Å². The summed E-state index contributed by atoms with van der Waals surface area (Å²) in [5.41, 5.74) is 1.86. The van der Waals surface area contributed by atoms with Gasteiger partial charge >= 0.3 is 0 Å². The van der Waals surface area contributed by atoms with Crippen molar-refractivity contribution in [3.63, 3.8) is 0 Å². The van der Waals surface area contributed by atoms with Crippen LogP contribution in [0.1, 0.15) is 36.7 Å². The zero-order chi connectivity index (χ0) is 22.7. The zero-order valence-corrected chi connectivity index (χ0v) is 18.7. The Morgan fingerprint density at radius 1 is 0.969 bits per heavy atom. The Morgan fingerprint density at radius 2 is 1.56 bits per heavy atom. The van der Waals surface area contributed by atoms with Crippen molar-refractivity contribution in [1.82, 2.24) is 14.5 Å². The van der Waals surface area contributed by atoms with Gasteiger partial charge in [-0.2, -0.15) is 0 Å². The number of halogens is 1. The van der Waals surface area contributed by atoms with E-state index in [-0.39, 0.29) is 11.5 Å². The van der Waals surface area contributed by atoms with Crippen molar-refractivity contribution < 1.29 is 4.79 Å². The maximum atomic E-state index is 13.5. The molecule has 0 aliphatic heterocycles. The lowest BCUT2D eigenvalue weighted by Gasteiger charge is -2.31. The van der Waals surface area contributed by atoms with Crippen LogP contribution in [0.2, 0.25) is 0 Å². The summed E-state index contributed by atoms with van der Waals surface area (Å²) in [6.45, 7) is 4.20. The fourth-order valence-electron chi connectivity index (χ4n) is 3.93. The van der Waals surface area contributed by atoms with Gasteiger partial charge in [0, 0.05) is 6.54 Å². The molecule has 4 rings (SSSR count). The molecule has 0 saturated heterocycles. The van der Waals surface area contributed by atoms with Crippen LogP contribution in [0, 0.1) is 0 Å². The average Bonchev–Trinajstić information content (AvgIpc) is 2.84. The summed E-state index contributed by atoms with van der Waals surface area (Å²) in [5.74, 6) is 0.266. The lowest BCUT2D eigenvalue weighted by molar-refractivity contribution is -0.133. The molecule has 1 amide bonds. The Bertz CT molecular complexity index is 1290. The summed E-state index contributed by atoms with van der Waals surface area (Å²) in [6, 6.07) is 25.4. The van der Waals surface area contributed by atoms with E-state index >= 15 is 0 Å². The maximum absolute atomic E-state index is 13.5. The molecule has 0 bridgehead atoms. The number of para-hydroxylation sites is 2. The molecule has 0 spiro atoms. The minimum absolute atomic E-state index is 0.169. The van der Waals surface area contributed by atoms with Crippen LogP contribution in [-0.4, -0.2) is 26.9 Å². The third-order valence-corrected chi connectivity index (χ3v) is 6.03. The van der Waals surface area contributed by atoms with Crippen LogP contribution in [-0.2, 0) is 4.79 Å². The van der Waals surface area contributed by atoms with Crippen molar-refractivity contribution in [3.8, 4) is 5.69 Å². The normalized spacial score (nSPS) is 13.0. The van der Waals surface area contributed by atoms with Crippen LogP contribution in [0.5, 0.6) is 0 Å². The monoisotopic (exact) mass is 445 g/mol. The first-order chi connectivity index (χ1) is 15.5. The van der Waals surface area contributed by atoms with Gasteiger partial charge in [-0.3, -0.25) is 14.2 Å². The Labute approximate surface area is 191 Å². The fraction of sp³-hybridized carbons (Fsp3) is 0.192. The molecule has 5 nitrogen and oxygen atoms in total. The van der Waals surface area contributed by atoms with E-state index in [0.29, 0.717) is 29.0 Å². The van der Waals surface area contributed by atoms with Crippen LogP contribution in [0.25, 0.3) is 16.6 Å². The molecule has 0 N–H and O–H groups in total. The number of carbonyl (C=O) groups is 1. The van der Waals surface area contributed by atoms with Gasteiger partial charge in [-0.15, -0.1) is 11.6 Å². The molecule has 0 aliphatic rings. The molecule has 1 aromatic heterocycles. The lowest BCUT2D eigenvalue weighted by atomic mass is 10.1. The topological polar surface area (TPSA) is 55.2 Å². The molecule has 0 saturated carbocycles. The van der Waals surface area contributed by atoms with E-state index in [0.717, 1.165) is 5.56 Å². The Kier molecular flexibility index (Phi) is 6.37. The van der Waals surface area contributed by atoms with Crippen LogP contribution in [0.15, 0.2) is 89.7 Å². The maximum Gasteiger partial charge on any atom is 0.266 e. The van der Waals surface area contributed by atoms with Crippen molar-refractivity contribution in [2.45, 2.75) is 25.3 Å². The van der Waals surface area contributed by atoms with Gasteiger partial charge in [0.15, 0.2) is 0 Å². The van der Waals surface area contributed by atoms with Gasteiger partial charge < -0.3 is 4.90 Å². The molecule has 0 fully saturated rings. The van der Waals surface area contributed by atoms with E-state index in [4.69, 9.17) is 16.6 Å². The minimum atomic E-state index is -0.823. The molecular formula is C26H24ClN3O2. The summed E-state index contributed by atoms with van der Waals surface area (Å²) >= 11 is 6.56. The second kappa shape index (κ2) is 9.37. The van der Waals surface area contributed by atoms with Gasteiger partial charge in [-0.25, -0.2) is 4.98 Å². The van der Waals surface area contributed by atoms with Crippen molar-refractivity contribution in [1.29, 1.82) is 0 Å². The van der Waals surface area contributed by atoms with Crippen LogP contribution in [0.3, 0.4) is 0 Å². The predicted molar refractivity (Wildman–Crippen MR) is 128 cm³/mol. The second-order valence-corrected chi connectivity index (χ2v) is 7.97. The van der Waals surface area contributed by atoms with Gasteiger partial charge in [0.1, 0.15) is 11.2 Å². The largest absolute Gasteiger partial charge is 0.331 e. The summed E-state index contributed by atoms with van der Waals surface area (Å²) in [6.07, 6.45) is 0. The van der Waals surface area contributed by atoms with E-state index in [2.05, 4.69) is 0 Å². The Hall–Kier alpha value is -3.44. The van der Waals surface area contributed by atoms with Gasteiger partial charge in [0.2, 0.25) is 5.91 Å². The van der Waals surface area contributed by atoms with Crippen molar-refractivity contribution in [2.75, 3.05) is 6.54 Å². The van der Waals surface area contributed by atoms with Crippen LogP contribution >= 0.6 is 11.6 Å². The summed E-state index contributed by atoms with van der Waals surface area (Å²) in [7, 11) is 0. The van der Waals surface area contributed by atoms with Gasteiger partial charge in [0.25, 0.3) is 5.56 Å². The van der Waals surface area contributed by atoms with E-state index < -0.39 is 11.4 Å². The highest BCUT2D eigenvalue weighted by Crippen LogP contribution is 2.29. The number of aromatic nitrogens is 2. The highest BCUT2D eigenvalue weighted by Gasteiger charge is 2.30. The Balaban J connectivity index is 1.84. The standard InChI is InChI=1S/C26H24ClN3O2/c1-3-29(26(32)23(27)19-12-6-4-7-13-19)18(2)24-28-22-17-11-10-16-21(22)25(31)30(24)20-14-8-5-9-15-20/h4-18,23H,3H2,1-2H3. The molecule has 3 aromatic carbocycles. The molecule has 2 atom stereocenters. The van der Waals surface area contributed by atoms with Gasteiger partial charge in [-0.1, -0.05) is 60.7 Å². The summed E-state index contributed by atoms with van der Waals surface area (Å²) in [5, 5.41) is -0.294. The first-order valence-electron chi connectivity index (χ1n) is 10.6. The summed E-state index contributed by atoms with van der Waals surface area (Å²) < 4.78 is 1.59. The molecule has 6 heteroatoms. The number of likely N-dealkylation sites (N-methyl/N-ethyl adjacent to an activating group) is 1. The van der Waals surface area contributed by atoms with Gasteiger partial charge in [-0.05, 0) is 43.7 Å².